The van der Waals surface area contributed by atoms with Crippen molar-refractivity contribution in [2.75, 3.05) is 0 Å². The molecule has 0 aliphatic rings. The summed E-state index contributed by atoms with van der Waals surface area (Å²) < 4.78 is 0. The second kappa shape index (κ2) is 6.18. The number of carboxylic acid groups (broad SMARTS) is 1. The molecular formula is C11H16O2S2. The molecule has 0 aromatic carbocycles. The molecule has 0 amide bonds. The molecule has 0 bridgehead atoms. The monoisotopic (exact) mass is 244 g/mol. The minimum Gasteiger partial charge on any atom is -0.481 e. The van der Waals surface area contributed by atoms with Crippen LogP contribution in [0.15, 0.2) is 12.1 Å². The van der Waals surface area contributed by atoms with E-state index in [1.165, 1.54) is 9.75 Å². The van der Waals surface area contributed by atoms with Gasteiger partial charge in [0, 0.05) is 20.8 Å². The largest absolute Gasteiger partial charge is 0.481 e. The highest BCUT2D eigenvalue weighted by Crippen LogP contribution is 2.25. The van der Waals surface area contributed by atoms with Crippen molar-refractivity contribution < 1.29 is 9.90 Å². The van der Waals surface area contributed by atoms with E-state index in [0.717, 1.165) is 12.2 Å². The molecule has 0 fully saturated rings. The summed E-state index contributed by atoms with van der Waals surface area (Å²) in [6, 6.07) is 4.30. The molecule has 0 aliphatic carbocycles. The van der Waals surface area contributed by atoms with Gasteiger partial charge < -0.3 is 5.11 Å². The predicted octanol–water partition coefficient (Wildman–Crippen LogP) is 3.41. The van der Waals surface area contributed by atoms with Gasteiger partial charge in [-0.3, -0.25) is 4.79 Å². The molecule has 15 heavy (non-hydrogen) atoms. The number of aliphatic carboxylic acids is 1. The fraction of sp³-hybridized carbons (Fsp3) is 0.545. The number of rotatable bonds is 6. The third-order valence-corrected chi connectivity index (χ3v) is 4.66. The van der Waals surface area contributed by atoms with Gasteiger partial charge in [-0.2, -0.15) is 11.8 Å². The van der Waals surface area contributed by atoms with E-state index in [1.54, 1.807) is 11.8 Å². The van der Waals surface area contributed by atoms with E-state index in [4.69, 9.17) is 5.11 Å². The van der Waals surface area contributed by atoms with Gasteiger partial charge in [0.15, 0.2) is 0 Å². The minimum atomic E-state index is -0.713. The Labute approximate surface area is 98.7 Å². The van der Waals surface area contributed by atoms with Gasteiger partial charge in [0.05, 0.1) is 6.42 Å². The molecule has 4 heteroatoms. The quantitative estimate of drug-likeness (QED) is 0.833. The molecule has 1 unspecified atom stereocenters. The number of thioether (sulfide) groups is 1. The zero-order chi connectivity index (χ0) is 11.3. The molecule has 2 nitrogen and oxygen atoms in total. The molecule has 0 aliphatic heterocycles. The third-order valence-electron chi connectivity index (χ3n) is 2.04. The normalized spacial score (nSPS) is 12.7. The van der Waals surface area contributed by atoms with Crippen molar-refractivity contribution in [1.82, 2.24) is 0 Å². The van der Waals surface area contributed by atoms with Crippen molar-refractivity contribution in [3.63, 3.8) is 0 Å². The van der Waals surface area contributed by atoms with Crippen LogP contribution >= 0.6 is 23.1 Å². The summed E-state index contributed by atoms with van der Waals surface area (Å²) in [4.78, 5) is 13.2. The smallest absolute Gasteiger partial charge is 0.304 e. The van der Waals surface area contributed by atoms with E-state index < -0.39 is 5.97 Å². The summed E-state index contributed by atoms with van der Waals surface area (Å²) >= 11 is 3.54. The number of hydrogen-bond donors (Lipinski definition) is 1. The maximum absolute atomic E-state index is 10.5. The topological polar surface area (TPSA) is 37.3 Å². The Bertz CT molecular complexity index is 320. The zero-order valence-corrected chi connectivity index (χ0v) is 10.7. The van der Waals surface area contributed by atoms with E-state index in [9.17, 15) is 4.79 Å². The van der Waals surface area contributed by atoms with Crippen LogP contribution in [-0.4, -0.2) is 16.3 Å². The third kappa shape index (κ3) is 4.71. The van der Waals surface area contributed by atoms with Crippen molar-refractivity contribution in [3.05, 3.63) is 21.9 Å². The Morgan fingerprint density at radius 1 is 1.53 bits per heavy atom. The second-order valence-electron chi connectivity index (χ2n) is 3.44. The van der Waals surface area contributed by atoms with Crippen LogP contribution in [0.3, 0.4) is 0 Å². The highest BCUT2D eigenvalue weighted by molar-refractivity contribution is 7.99. The van der Waals surface area contributed by atoms with Crippen LogP contribution in [-0.2, 0) is 17.0 Å². The van der Waals surface area contributed by atoms with Crippen LogP contribution in [0.5, 0.6) is 0 Å². The number of carboxylic acids is 1. The SMILES string of the molecule is CCc1ccc(CSC(C)CC(=O)O)s1. The molecule has 1 rings (SSSR count). The van der Waals surface area contributed by atoms with Gasteiger partial charge in [-0.25, -0.2) is 0 Å². The first-order chi connectivity index (χ1) is 7.11. The van der Waals surface area contributed by atoms with E-state index in [1.807, 2.05) is 18.3 Å². The van der Waals surface area contributed by atoms with Crippen molar-refractivity contribution in [1.29, 1.82) is 0 Å². The van der Waals surface area contributed by atoms with Crippen molar-refractivity contribution in [2.24, 2.45) is 0 Å². The van der Waals surface area contributed by atoms with Crippen LogP contribution in [0.25, 0.3) is 0 Å². The first-order valence-corrected chi connectivity index (χ1v) is 6.89. The molecule has 1 aromatic heterocycles. The van der Waals surface area contributed by atoms with Crippen LogP contribution in [0.1, 0.15) is 30.0 Å². The maximum atomic E-state index is 10.5. The summed E-state index contributed by atoms with van der Waals surface area (Å²) in [5.41, 5.74) is 0. The predicted molar refractivity (Wildman–Crippen MR) is 66.7 cm³/mol. The van der Waals surface area contributed by atoms with Gasteiger partial charge in [-0.1, -0.05) is 13.8 Å². The zero-order valence-electron chi connectivity index (χ0n) is 9.03. The summed E-state index contributed by atoms with van der Waals surface area (Å²) in [5, 5.41) is 8.80. The summed E-state index contributed by atoms with van der Waals surface area (Å²) in [5.74, 6) is 0.217. The van der Waals surface area contributed by atoms with Crippen molar-refractivity contribution in [3.8, 4) is 0 Å². The molecule has 0 saturated heterocycles. The van der Waals surface area contributed by atoms with Gasteiger partial charge in [0.1, 0.15) is 0 Å². The minimum absolute atomic E-state index is 0.190. The lowest BCUT2D eigenvalue weighted by Gasteiger charge is -2.06. The Balaban J connectivity index is 2.33. The van der Waals surface area contributed by atoms with Gasteiger partial charge in [-0.05, 0) is 18.6 Å². The van der Waals surface area contributed by atoms with Gasteiger partial charge in [0.25, 0.3) is 0 Å². The van der Waals surface area contributed by atoms with Gasteiger partial charge in [-0.15, -0.1) is 11.3 Å². The summed E-state index contributed by atoms with van der Waals surface area (Å²) in [7, 11) is 0. The lowest BCUT2D eigenvalue weighted by Crippen LogP contribution is -2.05. The molecule has 84 valence electrons. The van der Waals surface area contributed by atoms with Gasteiger partial charge in [0.2, 0.25) is 0 Å². The molecule has 0 radical (unpaired) electrons. The first kappa shape index (κ1) is 12.6. The Morgan fingerprint density at radius 3 is 2.73 bits per heavy atom. The lowest BCUT2D eigenvalue weighted by atomic mass is 10.3. The Kier molecular flexibility index (Phi) is 5.19. The molecular weight excluding hydrogens is 228 g/mol. The second-order valence-corrected chi connectivity index (χ2v) is 6.12. The number of hydrogen-bond acceptors (Lipinski definition) is 3. The molecule has 0 saturated carbocycles. The fourth-order valence-electron chi connectivity index (χ4n) is 1.22. The molecule has 1 N–H and O–H groups in total. The average molecular weight is 244 g/mol. The summed E-state index contributed by atoms with van der Waals surface area (Å²) in [6.07, 6.45) is 1.33. The van der Waals surface area contributed by atoms with Crippen LogP contribution < -0.4 is 0 Å². The van der Waals surface area contributed by atoms with Crippen LogP contribution in [0.4, 0.5) is 0 Å². The standard InChI is InChI=1S/C11H16O2S2/c1-3-9-4-5-10(15-9)7-14-8(2)6-11(12)13/h4-5,8H,3,6-7H2,1-2H3,(H,12,13). The maximum Gasteiger partial charge on any atom is 0.304 e. The molecule has 1 heterocycles. The average Bonchev–Trinajstić information content (AvgIpc) is 2.61. The molecule has 1 atom stereocenters. The number of aryl methyl sites for hydroxylation is 1. The van der Waals surface area contributed by atoms with E-state index >= 15 is 0 Å². The Hall–Kier alpha value is -0.480. The van der Waals surface area contributed by atoms with E-state index in [-0.39, 0.29) is 11.7 Å². The molecule has 0 spiro atoms. The molecule has 1 aromatic rings. The van der Waals surface area contributed by atoms with Crippen LogP contribution in [0.2, 0.25) is 0 Å². The number of carbonyl (C=O) groups is 1. The number of thiophene rings is 1. The Morgan fingerprint density at radius 2 is 2.20 bits per heavy atom. The fourth-order valence-corrected chi connectivity index (χ4v) is 3.22. The van der Waals surface area contributed by atoms with Crippen molar-refractivity contribution in [2.45, 2.75) is 37.7 Å². The van der Waals surface area contributed by atoms with Gasteiger partial charge >= 0.3 is 5.97 Å². The lowest BCUT2D eigenvalue weighted by molar-refractivity contribution is -0.136. The highest BCUT2D eigenvalue weighted by atomic mass is 32.2. The van der Waals surface area contributed by atoms with Crippen LogP contribution in [0, 0.1) is 0 Å². The van der Waals surface area contributed by atoms with E-state index in [2.05, 4.69) is 19.1 Å². The van der Waals surface area contributed by atoms with Crippen molar-refractivity contribution >= 4 is 29.1 Å². The van der Waals surface area contributed by atoms with E-state index in [0.29, 0.717) is 0 Å². The summed E-state index contributed by atoms with van der Waals surface area (Å²) in [6.45, 7) is 4.11. The first-order valence-electron chi connectivity index (χ1n) is 5.02. The highest BCUT2D eigenvalue weighted by Gasteiger charge is 2.08.